The highest BCUT2D eigenvalue weighted by atomic mass is 16.5. The molecule has 19 heavy (non-hydrogen) atoms. The topological polar surface area (TPSA) is 21.3 Å². The minimum absolute atomic E-state index is 0.703. The molecule has 1 N–H and O–H groups in total. The van der Waals surface area contributed by atoms with Crippen molar-refractivity contribution in [1.82, 2.24) is 5.32 Å². The standard InChI is InChI=1S/C17H27NO/c1-14-5-3-8-17(10-9-14)18-12-15-6-4-7-16(11-15)13-19-2/h4,6-7,11,14,17-18H,3,5,8-10,12-13H2,1-2H3. The Morgan fingerprint density at radius 3 is 2.84 bits per heavy atom. The van der Waals surface area contributed by atoms with Gasteiger partial charge >= 0.3 is 0 Å². The SMILES string of the molecule is COCc1cccc(CNC2CCCC(C)CC2)c1. The van der Waals surface area contributed by atoms with Crippen molar-refractivity contribution in [3.8, 4) is 0 Å². The summed E-state index contributed by atoms with van der Waals surface area (Å²) in [6.07, 6.45) is 6.83. The van der Waals surface area contributed by atoms with Gasteiger partial charge in [-0.15, -0.1) is 0 Å². The first-order chi connectivity index (χ1) is 9.28. The van der Waals surface area contributed by atoms with Crippen molar-refractivity contribution in [2.75, 3.05) is 7.11 Å². The number of hydrogen-bond donors (Lipinski definition) is 1. The summed E-state index contributed by atoms with van der Waals surface area (Å²) in [6, 6.07) is 9.40. The van der Waals surface area contributed by atoms with E-state index in [9.17, 15) is 0 Å². The molecule has 2 unspecified atom stereocenters. The molecule has 0 aliphatic heterocycles. The summed E-state index contributed by atoms with van der Waals surface area (Å²) in [7, 11) is 1.75. The van der Waals surface area contributed by atoms with Gasteiger partial charge in [-0.2, -0.15) is 0 Å². The number of rotatable bonds is 5. The van der Waals surface area contributed by atoms with Crippen LogP contribution in [-0.4, -0.2) is 13.2 Å². The van der Waals surface area contributed by atoms with Crippen LogP contribution >= 0.6 is 0 Å². The van der Waals surface area contributed by atoms with E-state index in [2.05, 4.69) is 36.5 Å². The van der Waals surface area contributed by atoms with Crippen LogP contribution in [0, 0.1) is 5.92 Å². The maximum atomic E-state index is 5.19. The van der Waals surface area contributed by atoms with Crippen LogP contribution in [0.15, 0.2) is 24.3 Å². The molecule has 2 heteroatoms. The normalized spacial score (nSPS) is 24.1. The minimum Gasteiger partial charge on any atom is -0.380 e. The third-order valence-corrected chi connectivity index (χ3v) is 4.15. The fourth-order valence-corrected chi connectivity index (χ4v) is 2.95. The number of ether oxygens (including phenoxy) is 1. The molecule has 1 aliphatic rings. The van der Waals surface area contributed by atoms with Crippen LogP contribution in [0.2, 0.25) is 0 Å². The molecule has 106 valence electrons. The van der Waals surface area contributed by atoms with Gasteiger partial charge in [0.1, 0.15) is 0 Å². The van der Waals surface area contributed by atoms with Crippen molar-refractivity contribution in [3.05, 3.63) is 35.4 Å². The van der Waals surface area contributed by atoms with Gasteiger partial charge < -0.3 is 10.1 Å². The van der Waals surface area contributed by atoms with E-state index < -0.39 is 0 Å². The lowest BCUT2D eigenvalue weighted by Crippen LogP contribution is -2.28. The Bertz CT molecular complexity index is 377. The molecule has 2 atom stereocenters. The highest BCUT2D eigenvalue weighted by Gasteiger charge is 2.15. The summed E-state index contributed by atoms with van der Waals surface area (Å²) >= 11 is 0. The van der Waals surface area contributed by atoms with Crippen LogP contribution in [0.25, 0.3) is 0 Å². The molecular formula is C17H27NO. The van der Waals surface area contributed by atoms with Crippen LogP contribution in [0.5, 0.6) is 0 Å². The molecule has 0 radical (unpaired) electrons. The van der Waals surface area contributed by atoms with Crippen LogP contribution in [0.3, 0.4) is 0 Å². The quantitative estimate of drug-likeness (QED) is 0.812. The molecule has 2 rings (SSSR count). The lowest BCUT2D eigenvalue weighted by molar-refractivity contribution is 0.185. The maximum Gasteiger partial charge on any atom is 0.0713 e. The Morgan fingerprint density at radius 2 is 2.00 bits per heavy atom. The number of hydrogen-bond acceptors (Lipinski definition) is 2. The zero-order chi connectivity index (χ0) is 13.5. The van der Waals surface area contributed by atoms with E-state index >= 15 is 0 Å². The fourth-order valence-electron chi connectivity index (χ4n) is 2.95. The van der Waals surface area contributed by atoms with Gasteiger partial charge in [-0.25, -0.2) is 0 Å². The largest absolute Gasteiger partial charge is 0.380 e. The van der Waals surface area contributed by atoms with Crippen LogP contribution in [-0.2, 0) is 17.9 Å². The highest BCUT2D eigenvalue weighted by Crippen LogP contribution is 2.22. The van der Waals surface area contributed by atoms with Gasteiger partial charge in [-0.3, -0.25) is 0 Å². The van der Waals surface area contributed by atoms with Crippen LogP contribution in [0.4, 0.5) is 0 Å². The number of benzene rings is 1. The molecule has 0 amide bonds. The number of methoxy groups -OCH3 is 1. The van der Waals surface area contributed by atoms with Crippen molar-refractivity contribution in [2.45, 2.75) is 58.2 Å². The molecule has 1 saturated carbocycles. The van der Waals surface area contributed by atoms with Gasteiger partial charge in [0.05, 0.1) is 6.61 Å². The fraction of sp³-hybridized carbons (Fsp3) is 0.647. The lowest BCUT2D eigenvalue weighted by Gasteiger charge is -2.16. The third-order valence-electron chi connectivity index (χ3n) is 4.15. The average Bonchev–Trinajstić information content (AvgIpc) is 2.62. The van der Waals surface area contributed by atoms with Crippen molar-refractivity contribution < 1.29 is 4.74 Å². The number of nitrogens with one attached hydrogen (secondary N) is 1. The third kappa shape index (κ3) is 4.96. The van der Waals surface area contributed by atoms with Gasteiger partial charge in [0.25, 0.3) is 0 Å². The monoisotopic (exact) mass is 261 g/mol. The van der Waals surface area contributed by atoms with E-state index in [0.717, 1.165) is 12.5 Å². The van der Waals surface area contributed by atoms with Crippen molar-refractivity contribution >= 4 is 0 Å². The Labute approximate surface area is 117 Å². The second-order valence-electron chi connectivity index (χ2n) is 5.94. The predicted octanol–water partition coefficient (Wildman–Crippen LogP) is 3.89. The Hall–Kier alpha value is -0.860. The summed E-state index contributed by atoms with van der Waals surface area (Å²) in [5, 5.41) is 3.73. The first-order valence-electron chi connectivity index (χ1n) is 7.58. The molecule has 0 aromatic heterocycles. The van der Waals surface area contributed by atoms with Crippen molar-refractivity contribution in [1.29, 1.82) is 0 Å². The van der Waals surface area contributed by atoms with Gasteiger partial charge in [-0.05, 0) is 36.3 Å². The zero-order valence-electron chi connectivity index (χ0n) is 12.3. The van der Waals surface area contributed by atoms with Gasteiger partial charge in [-0.1, -0.05) is 44.0 Å². The summed E-state index contributed by atoms with van der Waals surface area (Å²) in [6.45, 7) is 4.07. The molecular weight excluding hydrogens is 234 g/mol. The molecule has 0 bridgehead atoms. The molecule has 1 aliphatic carbocycles. The molecule has 2 nitrogen and oxygen atoms in total. The van der Waals surface area contributed by atoms with Crippen LogP contribution in [0.1, 0.15) is 50.2 Å². The molecule has 0 saturated heterocycles. The first-order valence-corrected chi connectivity index (χ1v) is 7.58. The first kappa shape index (κ1) is 14.5. The molecule has 0 spiro atoms. The van der Waals surface area contributed by atoms with Gasteiger partial charge in [0.2, 0.25) is 0 Å². The van der Waals surface area contributed by atoms with Gasteiger partial charge in [0, 0.05) is 19.7 Å². The van der Waals surface area contributed by atoms with Gasteiger partial charge in [0.15, 0.2) is 0 Å². The molecule has 1 fully saturated rings. The Kier molecular flexibility index (Phi) is 5.87. The highest BCUT2D eigenvalue weighted by molar-refractivity contribution is 5.22. The van der Waals surface area contributed by atoms with E-state index in [1.165, 1.54) is 43.2 Å². The Morgan fingerprint density at radius 1 is 1.16 bits per heavy atom. The predicted molar refractivity (Wildman–Crippen MR) is 80.0 cm³/mol. The summed E-state index contributed by atoms with van der Waals surface area (Å²) in [4.78, 5) is 0. The summed E-state index contributed by atoms with van der Waals surface area (Å²) < 4.78 is 5.19. The zero-order valence-corrected chi connectivity index (χ0v) is 12.3. The molecule has 0 heterocycles. The second kappa shape index (κ2) is 7.66. The van der Waals surface area contributed by atoms with E-state index in [0.29, 0.717) is 12.6 Å². The smallest absolute Gasteiger partial charge is 0.0713 e. The van der Waals surface area contributed by atoms with E-state index in [-0.39, 0.29) is 0 Å². The van der Waals surface area contributed by atoms with Crippen LogP contribution < -0.4 is 5.32 Å². The maximum absolute atomic E-state index is 5.19. The molecule has 1 aromatic rings. The summed E-state index contributed by atoms with van der Waals surface area (Å²) in [5.74, 6) is 0.914. The van der Waals surface area contributed by atoms with E-state index in [1.807, 2.05) is 0 Å². The van der Waals surface area contributed by atoms with Crippen molar-refractivity contribution in [3.63, 3.8) is 0 Å². The Balaban J connectivity index is 1.82. The second-order valence-corrected chi connectivity index (χ2v) is 5.94. The van der Waals surface area contributed by atoms with Crippen molar-refractivity contribution in [2.24, 2.45) is 5.92 Å². The summed E-state index contributed by atoms with van der Waals surface area (Å²) in [5.41, 5.74) is 2.63. The minimum atomic E-state index is 0.703. The van der Waals surface area contributed by atoms with E-state index in [4.69, 9.17) is 4.74 Å². The average molecular weight is 261 g/mol. The van der Waals surface area contributed by atoms with E-state index in [1.54, 1.807) is 7.11 Å². The molecule has 1 aromatic carbocycles. The lowest BCUT2D eigenvalue weighted by atomic mass is 10.0.